The second kappa shape index (κ2) is 6.08. The van der Waals surface area contributed by atoms with Gasteiger partial charge in [0.2, 0.25) is 5.91 Å². The molecule has 12 heavy (non-hydrogen) atoms. The summed E-state index contributed by atoms with van der Waals surface area (Å²) < 4.78 is 0. The number of rotatable bonds is 3. The van der Waals surface area contributed by atoms with Crippen molar-refractivity contribution in [3.8, 4) is 0 Å². The average molecular weight is 213 g/mol. The van der Waals surface area contributed by atoms with Crippen molar-refractivity contribution in [1.82, 2.24) is 10.9 Å². The Morgan fingerprint density at radius 1 is 1.33 bits per heavy atom. The van der Waals surface area contributed by atoms with Crippen LogP contribution in [0.15, 0.2) is 0 Å². The van der Waals surface area contributed by atoms with E-state index in [1.54, 1.807) is 0 Å². The molecule has 0 radical (unpaired) electrons. The Balaban J connectivity index is 3.54. The third-order valence-electron chi connectivity index (χ3n) is 1.00. The lowest BCUT2D eigenvalue weighted by Crippen LogP contribution is -2.43. The molecule has 0 aliphatic heterocycles. The first-order chi connectivity index (χ1) is 5.57. The number of alkyl halides is 2. The first-order valence-electron chi connectivity index (χ1n) is 3.44. The lowest BCUT2D eigenvalue weighted by atomic mass is 10.3. The topological polar surface area (TPSA) is 58.2 Å². The van der Waals surface area contributed by atoms with Crippen LogP contribution in [-0.2, 0) is 9.59 Å². The first-order valence-corrected chi connectivity index (χ1v) is 4.32. The average Bonchev–Trinajstić information content (AvgIpc) is 2.00. The first kappa shape index (κ1) is 11.5. The predicted octanol–water partition coefficient (Wildman–Crippen LogP) is 0.738. The second-order valence-corrected chi connectivity index (χ2v) is 3.18. The Bertz CT molecular complexity index is 173. The minimum atomic E-state index is -1.16. The highest BCUT2D eigenvalue weighted by molar-refractivity contribution is 6.53. The van der Waals surface area contributed by atoms with Gasteiger partial charge < -0.3 is 0 Å². The van der Waals surface area contributed by atoms with Gasteiger partial charge in [-0.3, -0.25) is 20.4 Å². The molecule has 0 aliphatic rings. The van der Waals surface area contributed by atoms with Crippen molar-refractivity contribution in [2.45, 2.75) is 24.6 Å². The van der Waals surface area contributed by atoms with Crippen molar-refractivity contribution in [2.24, 2.45) is 0 Å². The zero-order valence-corrected chi connectivity index (χ0v) is 8.08. The number of hydrogen-bond donors (Lipinski definition) is 2. The third-order valence-corrected chi connectivity index (χ3v) is 1.40. The van der Waals surface area contributed by atoms with Crippen LogP contribution in [0.25, 0.3) is 0 Å². The molecule has 0 aromatic heterocycles. The number of halogens is 2. The van der Waals surface area contributed by atoms with Crippen LogP contribution in [0, 0.1) is 0 Å². The summed E-state index contributed by atoms with van der Waals surface area (Å²) in [5.74, 6) is -0.900. The lowest BCUT2D eigenvalue weighted by molar-refractivity contribution is -0.128. The highest BCUT2D eigenvalue weighted by Gasteiger charge is 2.10. The molecule has 4 nitrogen and oxygen atoms in total. The van der Waals surface area contributed by atoms with E-state index in [-0.39, 0.29) is 5.91 Å². The molecule has 70 valence electrons. The number of carbonyl (C=O) groups is 2. The summed E-state index contributed by atoms with van der Waals surface area (Å²) in [6.45, 7) is 1.85. The minimum Gasteiger partial charge on any atom is -0.273 e. The van der Waals surface area contributed by atoms with E-state index in [1.165, 1.54) is 0 Å². The molecule has 0 rings (SSSR count). The summed E-state index contributed by atoms with van der Waals surface area (Å²) >= 11 is 10.4. The van der Waals surface area contributed by atoms with Gasteiger partial charge >= 0.3 is 0 Å². The van der Waals surface area contributed by atoms with Gasteiger partial charge in [-0.05, 0) is 6.42 Å². The molecule has 0 fully saturated rings. The molecule has 0 saturated carbocycles. The molecule has 0 atom stereocenters. The third kappa shape index (κ3) is 5.21. The van der Waals surface area contributed by atoms with Crippen LogP contribution in [0.1, 0.15) is 19.8 Å². The quantitative estimate of drug-likeness (QED) is 0.536. The molecule has 0 heterocycles. The summed E-state index contributed by atoms with van der Waals surface area (Å²) in [5.41, 5.74) is 4.22. The van der Waals surface area contributed by atoms with Crippen molar-refractivity contribution < 1.29 is 9.59 Å². The van der Waals surface area contributed by atoms with Gasteiger partial charge in [0.25, 0.3) is 5.91 Å². The number of nitrogens with one attached hydrogen (secondary N) is 2. The van der Waals surface area contributed by atoms with Crippen molar-refractivity contribution in [3.05, 3.63) is 0 Å². The van der Waals surface area contributed by atoms with E-state index in [1.807, 2.05) is 6.92 Å². The minimum absolute atomic E-state index is 0.264. The Labute approximate surface area is 80.6 Å². The fourth-order valence-electron chi connectivity index (χ4n) is 0.475. The van der Waals surface area contributed by atoms with E-state index in [4.69, 9.17) is 23.2 Å². The van der Waals surface area contributed by atoms with Gasteiger partial charge in [0.1, 0.15) is 0 Å². The van der Waals surface area contributed by atoms with Gasteiger partial charge in [-0.25, -0.2) is 0 Å². The van der Waals surface area contributed by atoms with Gasteiger partial charge in [0.05, 0.1) is 0 Å². The zero-order chi connectivity index (χ0) is 9.56. The zero-order valence-electron chi connectivity index (χ0n) is 6.56. The molecule has 0 aromatic rings. The summed E-state index contributed by atoms with van der Waals surface area (Å²) in [4.78, 5) is 20.3. The Kier molecular flexibility index (Phi) is 5.84. The number of hydrogen-bond acceptors (Lipinski definition) is 2. The fraction of sp³-hybridized carbons (Fsp3) is 0.667. The SMILES string of the molecule is CCCC(=O)NNC(=O)C(Cl)Cl. The van der Waals surface area contributed by atoms with E-state index in [2.05, 4.69) is 10.9 Å². The van der Waals surface area contributed by atoms with E-state index in [0.717, 1.165) is 0 Å². The Hall–Kier alpha value is -0.480. The van der Waals surface area contributed by atoms with Crippen LogP contribution in [0.2, 0.25) is 0 Å². The summed E-state index contributed by atoms with van der Waals surface area (Å²) in [7, 11) is 0. The number of carbonyl (C=O) groups excluding carboxylic acids is 2. The molecule has 0 aromatic carbocycles. The predicted molar refractivity (Wildman–Crippen MR) is 46.7 cm³/mol. The van der Waals surface area contributed by atoms with E-state index < -0.39 is 10.7 Å². The van der Waals surface area contributed by atoms with Gasteiger partial charge in [0, 0.05) is 6.42 Å². The van der Waals surface area contributed by atoms with Gasteiger partial charge in [-0.2, -0.15) is 0 Å². The summed E-state index contributed by atoms with van der Waals surface area (Å²) in [6.07, 6.45) is 1.07. The molecule has 0 saturated heterocycles. The lowest BCUT2D eigenvalue weighted by Gasteiger charge is -2.05. The highest BCUT2D eigenvalue weighted by Crippen LogP contribution is 1.99. The normalized spacial score (nSPS) is 9.67. The molecule has 2 N–H and O–H groups in total. The fourth-order valence-corrected chi connectivity index (χ4v) is 0.585. The van der Waals surface area contributed by atoms with Crippen LogP contribution in [0.5, 0.6) is 0 Å². The summed E-state index contributed by atoms with van der Waals surface area (Å²) in [5, 5.41) is 0. The number of hydrazine groups is 1. The molecular weight excluding hydrogens is 203 g/mol. The maximum atomic E-state index is 10.8. The van der Waals surface area contributed by atoms with Crippen molar-refractivity contribution in [1.29, 1.82) is 0 Å². The van der Waals surface area contributed by atoms with Crippen LogP contribution < -0.4 is 10.9 Å². The largest absolute Gasteiger partial charge is 0.273 e. The van der Waals surface area contributed by atoms with E-state index in [9.17, 15) is 9.59 Å². The molecule has 0 spiro atoms. The highest BCUT2D eigenvalue weighted by atomic mass is 35.5. The van der Waals surface area contributed by atoms with Crippen LogP contribution >= 0.6 is 23.2 Å². The van der Waals surface area contributed by atoms with Crippen LogP contribution in [0.3, 0.4) is 0 Å². The van der Waals surface area contributed by atoms with Crippen LogP contribution in [-0.4, -0.2) is 16.7 Å². The standard InChI is InChI=1S/C6H10Cl2N2O2/c1-2-3-4(11)9-10-6(12)5(7)8/h5H,2-3H2,1H3,(H,9,11)(H,10,12). The van der Waals surface area contributed by atoms with Crippen LogP contribution in [0.4, 0.5) is 0 Å². The van der Waals surface area contributed by atoms with E-state index in [0.29, 0.717) is 12.8 Å². The van der Waals surface area contributed by atoms with Gasteiger partial charge in [-0.1, -0.05) is 30.1 Å². The van der Waals surface area contributed by atoms with Crippen molar-refractivity contribution >= 4 is 35.0 Å². The van der Waals surface area contributed by atoms with E-state index >= 15 is 0 Å². The molecule has 0 aliphatic carbocycles. The molecule has 2 amide bonds. The molecular formula is C6H10Cl2N2O2. The monoisotopic (exact) mass is 212 g/mol. The second-order valence-electron chi connectivity index (χ2n) is 2.09. The smallest absolute Gasteiger partial charge is 0.271 e. The maximum Gasteiger partial charge on any atom is 0.271 e. The van der Waals surface area contributed by atoms with Crippen molar-refractivity contribution in [3.63, 3.8) is 0 Å². The van der Waals surface area contributed by atoms with Crippen molar-refractivity contribution in [2.75, 3.05) is 0 Å². The van der Waals surface area contributed by atoms with Gasteiger partial charge in [0.15, 0.2) is 4.84 Å². The molecule has 6 heteroatoms. The Morgan fingerprint density at radius 2 is 1.92 bits per heavy atom. The number of amides is 2. The molecule has 0 unspecified atom stereocenters. The molecule has 0 bridgehead atoms. The van der Waals surface area contributed by atoms with Gasteiger partial charge in [-0.15, -0.1) is 0 Å². The maximum absolute atomic E-state index is 10.8. The summed E-state index contributed by atoms with van der Waals surface area (Å²) in [6, 6.07) is 0. The Morgan fingerprint density at radius 3 is 2.33 bits per heavy atom.